The molecule has 0 amide bonds. The average molecular weight is 382 g/mol. The van der Waals surface area contributed by atoms with Gasteiger partial charge < -0.3 is 4.90 Å². The van der Waals surface area contributed by atoms with Crippen molar-refractivity contribution in [2.75, 3.05) is 11.9 Å². The van der Waals surface area contributed by atoms with E-state index in [1.54, 1.807) is 0 Å². The molecular weight excluding hydrogens is 346 g/mol. The van der Waals surface area contributed by atoms with E-state index >= 15 is 0 Å². The summed E-state index contributed by atoms with van der Waals surface area (Å²) in [6.07, 6.45) is 19.3. The van der Waals surface area contributed by atoms with Gasteiger partial charge in [-0.05, 0) is 37.7 Å². The highest BCUT2D eigenvalue weighted by atomic mass is 16.1. The Morgan fingerprint density at radius 1 is 1.07 bits per heavy atom. The average Bonchev–Trinajstić information content (AvgIpc) is 2.99. The number of aromatic nitrogens is 2. The Morgan fingerprint density at radius 3 is 2.57 bits per heavy atom. The third-order valence-electron chi connectivity index (χ3n) is 6.72. The summed E-state index contributed by atoms with van der Waals surface area (Å²) in [7, 11) is 2.08. The van der Waals surface area contributed by atoms with E-state index < -0.39 is 0 Å². The minimum atomic E-state index is 0.237. The van der Waals surface area contributed by atoms with Crippen LogP contribution in [0.5, 0.6) is 0 Å². The lowest BCUT2D eigenvalue weighted by Crippen LogP contribution is -2.38. The van der Waals surface area contributed by atoms with Gasteiger partial charge in [-0.25, -0.2) is 4.98 Å². The fourth-order valence-electron chi connectivity index (χ4n) is 5.17. The van der Waals surface area contributed by atoms with Gasteiger partial charge in [0.2, 0.25) is 0 Å². The van der Waals surface area contributed by atoms with Crippen LogP contribution in [0.15, 0.2) is 28.2 Å². The summed E-state index contributed by atoms with van der Waals surface area (Å²) < 4.78 is 2.13. The Balaban J connectivity index is 1.79. The van der Waals surface area contributed by atoms with E-state index in [0.29, 0.717) is 6.04 Å². The quantitative estimate of drug-likeness (QED) is 0.501. The van der Waals surface area contributed by atoms with Crippen LogP contribution in [0.25, 0.3) is 0 Å². The zero-order chi connectivity index (χ0) is 19.5. The summed E-state index contributed by atoms with van der Waals surface area (Å²) in [5, 5.41) is 0. The molecular formula is C24H35N3O. The molecule has 4 rings (SSSR count). The molecule has 0 bridgehead atoms. The predicted molar refractivity (Wildman–Crippen MR) is 116 cm³/mol. The molecule has 1 fully saturated rings. The van der Waals surface area contributed by atoms with Gasteiger partial charge >= 0.3 is 0 Å². The van der Waals surface area contributed by atoms with Crippen molar-refractivity contribution in [3.63, 3.8) is 0 Å². The van der Waals surface area contributed by atoms with Crippen LogP contribution in [0, 0.1) is 0 Å². The van der Waals surface area contributed by atoms with Crippen molar-refractivity contribution in [2.45, 2.75) is 96.4 Å². The molecule has 4 heteroatoms. The van der Waals surface area contributed by atoms with E-state index in [-0.39, 0.29) is 5.56 Å². The van der Waals surface area contributed by atoms with Gasteiger partial charge in [-0.2, -0.15) is 0 Å². The smallest absolute Gasteiger partial charge is 0.259 e. The number of aryl methyl sites for hydroxylation is 1. The Hall–Kier alpha value is -1.84. The molecule has 0 N–H and O–H groups in total. The number of unbranched alkanes of at least 4 members (excludes halogenated alkanes) is 2. The minimum Gasteiger partial charge on any atom is -0.329 e. The highest BCUT2D eigenvalue weighted by Crippen LogP contribution is 2.36. The monoisotopic (exact) mass is 381 g/mol. The van der Waals surface area contributed by atoms with Gasteiger partial charge in [-0.3, -0.25) is 9.36 Å². The number of likely N-dealkylation sites (N-methyl/N-ethyl adjacent to an activating group) is 1. The van der Waals surface area contributed by atoms with Crippen LogP contribution in [-0.4, -0.2) is 16.6 Å². The van der Waals surface area contributed by atoms with Gasteiger partial charge in [-0.15, -0.1) is 0 Å². The van der Waals surface area contributed by atoms with Crippen molar-refractivity contribution >= 4 is 5.82 Å². The molecule has 0 radical (unpaired) electrons. The molecule has 0 atom stereocenters. The number of anilines is 1. The largest absolute Gasteiger partial charge is 0.329 e. The number of fused-ring (bicyclic) bond motifs is 2. The lowest BCUT2D eigenvalue weighted by molar-refractivity contribution is 0.406. The van der Waals surface area contributed by atoms with Crippen molar-refractivity contribution in [1.29, 1.82) is 0 Å². The maximum absolute atomic E-state index is 13.7. The van der Waals surface area contributed by atoms with Crippen LogP contribution in [0.2, 0.25) is 0 Å². The van der Waals surface area contributed by atoms with E-state index in [1.165, 1.54) is 49.8 Å². The summed E-state index contributed by atoms with van der Waals surface area (Å²) in [5.74, 6) is 1.94. The predicted octanol–water partition coefficient (Wildman–Crippen LogP) is 5.47. The SMILES string of the molecule is CCCCCc1nc2c(c(=O)n1C1CCCCCC1)CC1=CCCC=C1N2C. The number of rotatable bonds is 5. The van der Waals surface area contributed by atoms with Crippen molar-refractivity contribution in [2.24, 2.45) is 0 Å². The lowest BCUT2D eigenvalue weighted by Gasteiger charge is -2.34. The second kappa shape index (κ2) is 8.67. The van der Waals surface area contributed by atoms with Gasteiger partial charge in [0.15, 0.2) is 0 Å². The molecule has 2 heterocycles. The Bertz CT molecular complexity index is 825. The maximum Gasteiger partial charge on any atom is 0.259 e. The fourth-order valence-corrected chi connectivity index (χ4v) is 5.17. The van der Waals surface area contributed by atoms with Crippen molar-refractivity contribution in [3.05, 3.63) is 45.2 Å². The normalized spacial score (nSPS) is 20.1. The van der Waals surface area contributed by atoms with E-state index in [1.807, 2.05) is 0 Å². The third kappa shape index (κ3) is 3.70. The molecule has 2 aliphatic carbocycles. The first kappa shape index (κ1) is 19.5. The molecule has 4 nitrogen and oxygen atoms in total. The Morgan fingerprint density at radius 2 is 1.82 bits per heavy atom. The summed E-state index contributed by atoms with van der Waals surface area (Å²) in [6, 6.07) is 0.340. The maximum atomic E-state index is 13.7. The molecule has 1 aliphatic heterocycles. The number of hydrogen-bond acceptors (Lipinski definition) is 3. The Labute approximate surface area is 169 Å². The van der Waals surface area contributed by atoms with E-state index in [2.05, 4.69) is 35.6 Å². The first-order chi connectivity index (χ1) is 13.7. The molecule has 28 heavy (non-hydrogen) atoms. The van der Waals surface area contributed by atoms with Crippen LogP contribution in [0.4, 0.5) is 5.82 Å². The summed E-state index contributed by atoms with van der Waals surface area (Å²) in [6.45, 7) is 2.23. The molecule has 152 valence electrons. The zero-order valence-electron chi connectivity index (χ0n) is 17.7. The summed E-state index contributed by atoms with van der Waals surface area (Å²) in [5.41, 5.74) is 3.72. The van der Waals surface area contributed by atoms with E-state index in [4.69, 9.17) is 4.98 Å². The van der Waals surface area contributed by atoms with Crippen LogP contribution in [0.3, 0.4) is 0 Å². The highest BCUT2D eigenvalue weighted by Gasteiger charge is 2.30. The van der Waals surface area contributed by atoms with Gasteiger partial charge in [0.1, 0.15) is 11.6 Å². The standard InChI is InChI=1S/C24H35N3O/c1-3-4-7-16-22-25-23-20(17-18-12-10-11-15-21(18)26(23)2)24(28)27(22)19-13-8-5-6-9-14-19/h12,15,19H,3-11,13-14,16-17H2,1-2H3. The molecule has 0 spiro atoms. The van der Waals surface area contributed by atoms with Crippen LogP contribution in [-0.2, 0) is 12.8 Å². The van der Waals surface area contributed by atoms with Crippen molar-refractivity contribution < 1.29 is 0 Å². The number of hydrogen-bond donors (Lipinski definition) is 0. The van der Waals surface area contributed by atoms with Gasteiger partial charge in [0.05, 0.1) is 5.56 Å². The Kier molecular flexibility index (Phi) is 6.03. The first-order valence-corrected chi connectivity index (χ1v) is 11.5. The van der Waals surface area contributed by atoms with Crippen molar-refractivity contribution in [3.8, 4) is 0 Å². The molecule has 3 aliphatic rings. The molecule has 0 saturated heterocycles. The summed E-state index contributed by atoms with van der Waals surface area (Å²) in [4.78, 5) is 21.1. The lowest BCUT2D eigenvalue weighted by atomic mass is 9.92. The molecule has 0 unspecified atom stereocenters. The first-order valence-electron chi connectivity index (χ1n) is 11.5. The molecule has 1 saturated carbocycles. The second-order valence-electron chi connectivity index (χ2n) is 8.74. The van der Waals surface area contributed by atoms with Gasteiger partial charge in [0.25, 0.3) is 5.56 Å². The molecule has 1 aromatic rings. The molecule has 1 aromatic heterocycles. The topological polar surface area (TPSA) is 38.1 Å². The van der Waals surface area contributed by atoms with Crippen molar-refractivity contribution in [1.82, 2.24) is 9.55 Å². The van der Waals surface area contributed by atoms with E-state index in [0.717, 1.165) is 62.2 Å². The fraction of sp³-hybridized carbons (Fsp3) is 0.667. The van der Waals surface area contributed by atoms with Crippen LogP contribution in [0.1, 0.15) is 95.0 Å². The van der Waals surface area contributed by atoms with E-state index in [9.17, 15) is 4.79 Å². The van der Waals surface area contributed by atoms with Crippen LogP contribution >= 0.6 is 0 Å². The number of nitrogens with zero attached hydrogens (tertiary/aromatic N) is 3. The number of allylic oxidation sites excluding steroid dienone is 3. The highest BCUT2D eigenvalue weighted by molar-refractivity contribution is 5.63. The third-order valence-corrected chi connectivity index (χ3v) is 6.72. The van der Waals surface area contributed by atoms with Gasteiger partial charge in [0, 0.05) is 31.6 Å². The van der Waals surface area contributed by atoms with Crippen LogP contribution < -0.4 is 10.5 Å². The molecule has 0 aromatic carbocycles. The zero-order valence-corrected chi connectivity index (χ0v) is 17.7. The van der Waals surface area contributed by atoms with Gasteiger partial charge in [-0.1, -0.05) is 57.6 Å². The summed E-state index contributed by atoms with van der Waals surface area (Å²) >= 11 is 0. The second-order valence-corrected chi connectivity index (χ2v) is 8.74. The minimum absolute atomic E-state index is 0.237.